The molecule has 0 aromatic rings. The van der Waals surface area contributed by atoms with Crippen LogP contribution >= 0.6 is 8.73 Å². The first-order valence-corrected chi connectivity index (χ1v) is 2.41. The van der Waals surface area contributed by atoms with E-state index in [2.05, 4.69) is 11.6 Å². The van der Waals surface area contributed by atoms with Crippen LogP contribution in [0.4, 0.5) is 0 Å². The molecule has 0 saturated carbocycles. The lowest BCUT2D eigenvalue weighted by Gasteiger charge is -2.07. The maximum absolute atomic E-state index is 2.89. The van der Waals surface area contributed by atoms with Gasteiger partial charge in [0.1, 0.15) is 0 Å². The summed E-state index contributed by atoms with van der Waals surface area (Å²) in [6.07, 6.45) is 1.17. The largest absolute Gasteiger partial charge is 0.288 e. The van der Waals surface area contributed by atoms with Crippen molar-refractivity contribution in [3.8, 4) is 0 Å². The van der Waals surface area contributed by atoms with Crippen LogP contribution in [0.3, 0.4) is 0 Å². The van der Waals surface area contributed by atoms with Crippen molar-refractivity contribution in [2.45, 2.75) is 0 Å². The number of hydrogen-bond acceptors (Lipinski definition) is 1. The van der Waals surface area contributed by atoms with E-state index in [4.69, 9.17) is 0 Å². The zero-order valence-electron chi connectivity index (χ0n) is 2.21. The van der Waals surface area contributed by atoms with Crippen molar-refractivity contribution in [1.82, 2.24) is 5.09 Å². The molecule has 0 aromatic heterocycles. The molecule has 0 bridgehead atoms. The quantitative estimate of drug-likeness (QED) is 0.404. The fourth-order valence-electron chi connectivity index (χ4n) is 0.0884. The average Bonchev–Trinajstić information content (AvgIpc) is 0.722. The number of hydrogen-bond donors (Lipinski definition) is 1. The van der Waals surface area contributed by atoms with Gasteiger partial charge in [0.2, 0.25) is 0 Å². The molecular formula is C2H4NP. The van der Waals surface area contributed by atoms with Gasteiger partial charge in [-0.05, 0) is 0 Å². The van der Waals surface area contributed by atoms with Gasteiger partial charge in [-0.3, -0.25) is 5.09 Å². The maximum atomic E-state index is 2.89. The van der Waals surface area contributed by atoms with Gasteiger partial charge in [-0.1, -0.05) is 8.73 Å². The van der Waals surface area contributed by atoms with E-state index >= 15 is 0 Å². The summed E-state index contributed by atoms with van der Waals surface area (Å²) in [6.45, 7) is 2.87. The van der Waals surface area contributed by atoms with Crippen LogP contribution in [-0.2, 0) is 0 Å². The van der Waals surface area contributed by atoms with Crippen LogP contribution in [0.15, 0.2) is 0 Å². The fourth-order valence-corrected chi connectivity index (χ4v) is 0.265. The van der Waals surface area contributed by atoms with E-state index in [1.807, 2.05) is 0 Å². The molecule has 1 nitrogen and oxygen atoms in total. The number of rotatable bonds is 0. The van der Waals surface area contributed by atoms with Gasteiger partial charge in [0.05, 0.1) is 6.54 Å². The normalized spacial score (nSPS) is 30.0. The van der Waals surface area contributed by atoms with E-state index in [0.29, 0.717) is 0 Å². The van der Waals surface area contributed by atoms with Crippen molar-refractivity contribution in [2.75, 3.05) is 6.16 Å². The first-order valence-electron chi connectivity index (χ1n) is 1.21. The van der Waals surface area contributed by atoms with Crippen LogP contribution < -0.4 is 5.09 Å². The summed E-state index contributed by atoms with van der Waals surface area (Å²) < 4.78 is 0. The highest BCUT2D eigenvalue weighted by Gasteiger charge is 1.94. The summed E-state index contributed by atoms with van der Waals surface area (Å²) in [5.41, 5.74) is 0. The highest BCUT2D eigenvalue weighted by molar-refractivity contribution is 7.37. The van der Waals surface area contributed by atoms with Crippen molar-refractivity contribution in [3.05, 3.63) is 6.54 Å². The van der Waals surface area contributed by atoms with Crippen molar-refractivity contribution in [2.24, 2.45) is 0 Å². The third-order valence-electron chi connectivity index (χ3n) is 0.354. The molecule has 1 heterocycles. The molecule has 1 N–H and O–H groups in total. The van der Waals surface area contributed by atoms with Crippen LogP contribution in [0.1, 0.15) is 0 Å². The lowest BCUT2D eigenvalue weighted by Crippen LogP contribution is -2.09. The van der Waals surface area contributed by atoms with E-state index in [9.17, 15) is 0 Å². The Morgan fingerprint density at radius 2 is 2.25 bits per heavy atom. The van der Waals surface area contributed by atoms with E-state index in [0.717, 1.165) is 8.73 Å². The summed E-state index contributed by atoms with van der Waals surface area (Å²) in [6, 6.07) is 0. The predicted octanol–water partition coefficient (Wildman–Crippen LogP) is 0.222. The molecule has 0 spiro atoms. The van der Waals surface area contributed by atoms with Gasteiger partial charge in [0.15, 0.2) is 0 Å². The minimum atomic E-state index is 0.960. The van der Waals surface area contributed by atoms with Gasteiger partial charge < -0.3 is 0 Å². The Morgan fingerprint density at radius 1 is 2.00 bits per heavy atom. The van der Waals surface area contributed by atoms with Crippen molar-refractivity contribution in [1.29, 1.82) is 0 Å². The maximum Gasteiger partial charge on any atom is 0.0679 e. The predicted molar refractivity (Wildman–Crippen MR) is 19.6 cm³/mol. The molecule has 1 fully saturated rings. The highest BCUT2D eigenvalue weighted by Crippen LogP contribution is 2.13. The smallest absolute Gasteiger partial charge is 0.0679 e. The summed E-state index contributed by atoms with van der Waals surface area (Å²) in [5, 5.41) is 2.89. The molecule has 1 unspecified atom stereocenters. The summed E-state index contributed by atoms with van der Waals surface area (Å²) >= 11 is 0. The van der Waals surface area contributed by atoms with Gasteiger partial charge in [0, 0.05) is 6.16 Å². The molecule has 0 amide bonds. The summed E-state index contributed by atoms with van der Waals surface area (Å²) in [4.78, 5) is 0. The molecule has 2 heteroatoms. The molecule has 1 saturated heterocycles. The van der Waals surface area contributed by atoms with Gasteiger partial charge in [0.25, 0.3) is 0 Å². The Kier molecular flexibility index (Phi) is 0.658. The fraction of sp³-hybridized carbons (Fsp3) is 0.500. The van der Waals surface area contributed by atoms with E-state index in [1.54, 1.807) is 0 Å². The van der Waals surface area contributed by atoms with Gasteiger partial charge in [-0.25, -0.2) is 0 Å². The Hall–Kier alpha value is 0.390. The molecule has 1 rings (SSSR count). The zero-order valence-corrected chi connectivity index (χ0v) is 3.21. The van der Waals surface area contributed by atoms with Crippen LogP contribution in [0, 0.1) is 6.54 Å². The second-order valence-corrected chi connectivity index (χ2v) is 1.61. The minimum absolute atomic E-state index is 0.960. The third-order valence-corrected chi connectivity index (χ3v) is 1.06. The third kappa shape index (κ3) is 0.240. The molecular weight excluding hydrogens is 69.0 g/mol. The van der Waals surface area contributed by atoms with Crippen LogP contribution in [0.25, 0.3) is 0 Å². The number of nitrogens with one attached hydrogen (secondary N) is 1. The molecule has 1 aliphatic heterocycles. The van der Waals surface area contributed by atoms with Crippen LogP contribution in [0.2, 0.25) is 0 Å². The summed E-state index contributed by atoms with van der Waals surface area (Å²) in [5.74, 6) is 0. The molecule has 0 aliphatic carbocycles. The van der Waals surface area contributed by atoms with Gasteiger partial charge in [-0.15, -0.1) is 0 Å². The first-order chi connectivity index (χ1) is 2.00. The lowest BCUT2D eigenvalue weighted by atomic mass is 10.8. The molecule has 1 aliphatic rings. The van der Waals surface area contributed by atoms with Crippen molar-refractivity contribution in [3.63, 3.8) is 0 Å². The molecule has 22 valence electrons. The van der Waals surface area contributed by atoms with E-state index in [1.165, 1.54) is 6.16 Å². The highest BCUT2D eigenvalue weighted by atomic mass is 31.1. The monoisotopic (exact) mass is 73.0 g/mol. The van der Waals surface area contributed by atoms with E-state index < -0.39 is 0 Å². The molecule has 2 radical (unpaired) electrons. The van der Waals surface area contributed by atoms with Gasteiger partial charge >= 0.3 is 0 Å². The standard InChI is InChI=1S/C2H4NP/c1-2-4-3-1/h3-4H,2H2. The zero-order chi connectivity index (χ0) is 2.83. The average molecular weight is 73.0 g/mol. The Labute approximate surface area is 27.6 Å². The van der Waals surface area contributed by atoms with E-state index in [-0.39, 0.29) is 0 Å². The second kappa shape index (κ2) is 1.00. The Bertz CT molecular complexity index is 14.0. The Morgan fingerprint density at radius 3 is 2.25 bits per heavy atom. The molecule has 1 atom stereocenters. The second-order valence-electron chi connectivity index (χ2n) is 0.655. The van der Waals surface area contributed by atoms with Crippen molar-refractivity contribution < 1.29 is 0 Å². The summed E-state index contributed by atoms with van der Waals surface area (Å²) in [7, 11) is 0.960. The minimum Gasteiger partial charge on any atom is -0.288 e. The van der Waals surface area contributed by atoms with Crippen LogP contribution in [-0.4, -0.2) is 6.16 Å². The van der Waals surface area contributed by atoms with Crippen LogP contribution in [0.5, 0.6) is 0 Å². The topological polar surface area (TPSA) is 12.0 Å². The van der Waals surface area contributed by atoms with Crippen molar-refractivity contribution >= 4 is 8.73 Å². The van der Waals surface area contributed by atoms with Gasteiger partial charge in [-0.2, -0.15) is 0 Å². The molecule has 4 heavy (non-hydrogen) atoms. The molecule has 0 aromatic carbocycles. The Balaban J connectivity index is 2.00. The SMILES string of the molecule is [C]1CPN1. The first kappa shape index (κ1) is 2.62. The lowest BCUT2D eigenvalue weighted by molar-refractivity contribution is 1.12.